The Morgan fingerprint density at radius 1 is 1.21 bits per heavy atom. The zero-order chi connectivity index (χ0) is 13.7. The Labute approximate surface area is 120 Å². The summed E-state index contributed by atoms with van der Waals surface area (Å²) in [7, 11) is 0. The van der Waals surface area contributed by atoms with Crippen LogP contribution in [0.5, 0.6) is 5.75 Å². The summed E-state index contributed by atoms with van der Waals surface area (Å²) in [6.07, 6.45) is -1.02. The molecule has 1 aromatic heterocycles. The van der Waals surface area contributed by atoms with Gasteiger partial charge in [-0.25, -0.2) is 4.79 Å². The van der Waals surface area contributed by atoms with Crippen molar-refractivity contribution in [3.8, 4) is 5.75 Å². The number of benzene rings is 1. The van der Waals surface area contributed by atoms with E-state index < -0.39 is 12.3 Å². The maximum Gasteiger partial charge on any atom is 0.351 e. The second kappa shape index (κ2) is 6.41. The number of esters is 1. The highest BCUT2D eigenvalue weighted by atomic mass is 35.5. The number of rotatable bonds is 5. The number of carbonyl (C=O) groups excluding carboxylic acids is 1. The van der Waals surface area contributed by atoms with Crippen molar-refractivity contribution >= 4 is 28.9 Å². The lowest BCUT2D eigenvalue weighted by atomic mass is 10.3. The van der Waals surface area contributed by atoms with E-state index >= 15 is 0 Å². The van der Waals surface area contributed by atoms with Crippen molar-refractivity contribution in [2.45, 2.75) is 6.29 Å². The van der Waals surface area contributed by atoms with Gasteiger partial charge in [-0.05, 0) is 23.6 Å². The van der Waals surface area contributed by atoms with Gasteiger partial charge in [0.25, 0.3) is 6.29 Å². The predicted octanol–water partition coefficient (Wildman–Crippen LogP) is 4.06. The Kier molecular flexibility index (Phi) is 4.60. The van der Waals surface area contributed by atoms with Crippen LogP contribution in [-0.2, 0) is 4.74 Å². The van der Waals surface area contributed by atoms with Crippen LogP contribution in [0.4, 0.5) is 0 Å². The van der Waals surface area contributed by atoms with Crippen molar-refractivity contribution in [2.75, 3.05) is 0 Å². The van der Waals surface area contributed by atoms with E-state index in [9.17, 15) is 4.79 Å². The first-order valence-corrected chi connectivity index (χ1v) is 6.73. The molecule has 98 valence electrons. The number of thiophene rings is 1. The van der Waals surface area contributed by atoms with Crippen LogP contribution in [0.15, 0.2) is 59.5 Å². The minimum absolute atomic E-state index is 0.105. The van der Waals surface area contributed by atoms with E-state index in [1.165, 1.54) is 11.3 Å². The number of para-hydroxylation sites is 1. The molecule has 0 aliphatic rings. The molecule has 0 fully saturated rings. The zero-order valence-corrected chi connectivity index (χ0v) is 11.5. The first-order chi connectivity index (χ1) is 9.16. The van der Waals surface area contributed by atoms with Crippen LogP contribution in [-0.4, -0.2) is 12.3 Å². The third-order valence-corrected chi connectivity index (χ3v) is 3.21. The van der Waals surface area contributed by atoms with Crippen LogP contribution in [0.25, 0.3) is 0 Å². The van der Waals surface area contributed by atoms with E-state index in [2.05, 4.69) is 6.58 Å². The third kappa shape index (κ3) is 3.84. The molecule has 0 radical (unpaired) electrons. The highest BCUT2D eigenvalue weighted by molar-refractivity contribution is 7.11. The van der Waals surface area contributed by atoms with Gasteiger partial charge < -0.3 is 9.47 Å². The van der Waals surface area contributed by atoms with Crippen LogP contribution in [0.2, 0.25) is 0 Å². The number of hydrogen-bond donors (Lipinski definition) is 0. The van der Waals surface area contributed by atoms with Gasteiger partial charge in [0.05, 0.1) is 5.03 Å². The molecule has 0 N–H and O–H groups in total. The van der Waals surface area contributed by atoms with Crippen LogP contribution in [0.3, 0.4) is 0 Å². The number of ether oxygens (including phenoxy) is 2. The molecule has 2 rings (SSSR count). The first-order valence-electron chi connectivity index (χ1n) is 5.47. The summed E-state index contributed by atoms with van der Waals surface area (Å²) in [5, 5.41) is 1.90. The average Bonchev–Trinajstić information content (AvgIpc) is 2.93. The third-order valence-electron chi connectivity index (χ3n) is 2.18. The fourth-order valence-corrected chi connectivity index (χ4v) is 2.02. The Bertz CT molecular complexity index is 551. The molecule has 0 bridgehead atoms. The highest BCUT2D eigenvalue weighted by Crippen LogP contribution is 2.20. The molecule has 1 atom stereocenters. The van der Waals surface area contributed by atoms with E-state index in [1.807, 2.05) is 18.2 Å². The average molecular weight is 295 g/mol. The van der Waals surface area contributed by atoms with E-state index in [0.29, 0.717) is 10.6 Å². The van der Waals surface area contributed by atoms with Gasteiger partial charge in [0, 0.05) is 0 Å². The standard InChI is InChI=1S/C14H11ClO3S/c1-10(15)14(17-11-6-3-2-4-7-11)18-13(16)12-8-5-9-19-12/h2-9,14H,1H2. The molecule has 1 unspecified atom stereocenters. The van der Waals surface area contributed by atoms with Gasteiger partial charge in [0.15, 0.2) is 0 Å². The zero-order valence-electron chi connectivity index (χ0n) is 9.91. The van der Waals surface area contributed by atoms with E-state index in [0.717, 1.165) is 0 Å². The number of hydrogen-bond acceptors (Lipinski definition) is 4. The molecule has 5 heteroatoms. The Morgan fingerprint density at radius 3 is 2.53 bits per heavy atom. The van der Waals surface area contributed by atoms with Gasteiger partial charge >= 0.3 is 5.97 Å². The van der Waals surface area contributed by atoms with Crippen molar-refractivity contribution in [1.29, 1.82) is 0 Å². The summed E-state index contributed by atoms with van der Waals surface area (Å²) in [5.74, 6) is 0.0611. The first kappa shape index (κ1) is 13.6. The van der Waals surface area contributed by atoms with Gasteiger partial charge in [-0.15, -0.1) is 11.3 Å². The van der Waals surface area contributed by atoms with E-state index in [4.69, 9.17) is 21.1 Å². The Morgan fingerprint density at radius 2 is 1.95 bits per heavy atom. The lowest BCUT2D eigenvalue weighted by Crippen LogP contribution is -2.24. The summed E-state index contributed by atoms with van der Waals surface area (Å²) >= 11 is 7.09. The molecule has 0 spiro atoms. The lowest BCUT2D eigenvalue weighted by molar-refractivity contribution is -0.0233. The van der Waals surface area contributed by atoms with Gasteiger partial charge in [0.2, 0.25) is 0 Å². The summed E-state index contributed by atoms with van der Waals surface area (Å²) < 4.78 is 10.7. The van der Waals surface area contributed by atoms with Crippen molar-refractivity contribution in [3.05, 3.63) is 64.3 Å². The SMILES string of the molecule is C=C(Cl)C(OC(=O)c1cccs1)Oc1ccccc1. The van der Waals surface area contributed by atoms with Crippen molar-refractivity contribution in [2.24, 2.45) is 0 Å². The molecular formula is C14H11ClO3S. The fraction of sp³-hybridized carbons (Fsp3) is 0.0714. The quantitative estimate of drug-likeness (QED) is 0.616. The van der Waals surface area contributed by atoms with E-state index in [1.54, 1.807) is 29.6 Å². The monoisotopic (exact) mass is 294 g/mol. The molecule has 1 heterocycles. The second-order valence-electron chi connectivity index (χ2n) is 3.59. The van der Waals surface area contributed by atoms with Crippen molar-refractivity contribution in [3.63, 3.8) is 0 Å². The Hall–Kier alpha value is -1.78. The molecule has 0 aliphatic carbocycles. The van der Waals surface area contributed by atoms with Crippen LogP contribution < -0.4 is 4.74 Å². The number of carbonyl (C=O) groups is 1. The van der Waals surface area contributed by atoms with Gasteiger partial charge in [-0.3, -0.25) is 0 Å². The predicted molar refractivity (Wildman–Crippen MR) is 75.6 cm³/mol. The van der Waals surface area contributed by atoms with Gasteiger partial charge in [-0.1, -0.05) is 42.4 Å². The molecule has 2 aromatic rings. The van der Waals surface area contributed by atoms with E-state index in [-0.39, 0.29) is 5.03 Å². The minimum atomic E-state index is -1.02. The van der Waals surface area contributed by atoms with Crippen LogP contribution >= 0.6 is 22.9 Å². The molecule has 0 saturated heterocycles. The second-order valence-corrected chi connectivity index (χ2v) is 5.03. The summed E-state index contributed by atoms with van der Waals surface area (Å²) in [5.41, 5.74) is 0. The van der Waals surface area contributed by atoms with Crippen LogP contribution in [0, 0.1) is 0 Å². The molecular weight excluding hydrogens is 284 g/mol. The smallest absolute Gasteiger partial charge is 0.351 e. The molecule has 3 nitrogen and oxygen atoms in total. The van der Waals surface area contributed by atoms with Crippen molar-refractivity contribution < 1.29 is 14.3 Å². The molecule has 0 aliphatic heterocycles. The maximum atomic E-state index is 11.8. The highest BCUT2D eigenvalue weighted by Gasteiger charge is 2.20. The number of halogens is 1. The fourth-order valence-electron chi connectivity index (χ4n) is 1.32. The normalized spacial score (nSPS) is 11.6. The van der Waals surface area contributed by atoms with Gasteiger partial charge in [0.1, 0.15) is 10.6 Å². The molecule has 1 aromatic carbocycles. The molecule has 0 saturated carbocycles. The lowest BCUT2D eigenvalue weighted by Gasteiger charge is -2.17. The topological polar surface area (TPSA) is 35.5 Å². The maximum absolute atomic E-state index is 11.8. The summed E-state index contributed by atoms with van der Waals surface area (Å²) in [4.78, 5) is 12.3. The minimum Gasteiger partial charge on any atom is -0.450 e. The van der Waals surface area contributed by atoms with Gasteiger partial charge in [-0.2, -0.15) is 0 Å². The summed E-state index contributed by atoms with van der Waals surface area (Å²) in [6.45, 7) is 3.55. The summed E-state index contributed by atoms with van der Waals surface area (Å²) in [6, 6.07) is 12.4. The van der Waals surface area contributed by atoms with Crippen molar-refractivity contribution in [1.82, 2.24) is 0 Å². The molecule has 0 amide bonds. The molecule has 19 heavy (non-hydrogen) atoms. The Balaban J connectivity index is 2.05. The van der Waals surface area contributed by atoms with Crippen LogP contribution in [0.1, 0.15) is 9.67 Å². The largest absolute Gasteiger partial charge is 0.450 e.